The van der Waals surface area contributed by atoms with E-state index in [-0.39, 0.29) is 11.9 Å². The standard InChI is InChI=1S/C8H19N3O/c1-4-7(8(9)11-12)10-5-6(2)3/h6-7,10,12H,4-5H2,1-3H3,(H2,9,11). The van der Waals surface area contributed by atoms with Crippen LogP contribution < -0.4 is 11.1 Å². The highest BCUT2D eigenvalue weighted by Crippen LogP contribution is 1.94. The first kappa shape index (κ1) is 11.2. The Morgan fingerprint density at radius 2 is 2.17 bits per heavy atom. The average Bonchev–Trinajstić information content (AvgIpc) is 2.04. The minimum Gasteiger partial charge on any atom is -0.409 e. The molecule has 0 fully saturated rings. The van der Waals surface area contributed by atoms with Crippen LogP contribution in [0.1, 0.15) is 27.2 Å². The second-order valence-electron chi connectivity index (χ2n) is 3.29. The molecule has 0 aromatic heterocycles. The summed E-state index contributed by atoms with van der Waals surface area (Å²) >= 11 is 0. The molecule has 0 amide bonds. The molecule has 12 heavy (non-hydrogen) atoms. The highest BCUT2D eigenvalue weighted by Gasteiger charge is 2.10. The Balaban J connectivity index is 3.84. The topological polar surface area (TPSA) is 70.6 Å². The smallest absolute Gasteiger partial charge is 0.156 e. The lowest BCUT2D eigenvalue weighted by atomic mass is 10.1. The zero-order valence-electron chi connectivity index (χ0n) is 8.04. The third-order valence-electron chi connectivity index (χ3n) is 1.65. The van der Waals surface area contributed by atoms with Gasteiger partial charge in [0.25, 0.3) is 0 Å². The highest BCUT2D eigenvalue weighted by atomic mass is 16.4. The van der Waals surface area contributed by atoms with E-state index in [1.165, 1.54) is 0 Å². The molecule has 0 aliphatic heterocycles. The van der Waals surface area contributed by atoms with Crippen molar-refractivity contribution in [2.24, 2.45) is 16.8 Å². The fourth-order valence-corrected chi connectivity index (χ4v) is 0.906. The van der Waals surface area contributed by atoms with E-state index in [0.717, 1.165) is 13.0 Å². The molecule has 1 unspecified atom stereocenters. The lowest BCUT2D eigenvalue weighted by Gasteiger charge is -2.16. The van der Waals surface area contributed by atoms with Gasteiger partial charge in [-0.1, -0.05) is 25.9 Å². The summed E-state index contributed by atoms with van der Waals surface area (Å²) in [6.45, 7) is 7.11. The first-order chi connectivity index (χ1) is 5.61. The second-order valence-corrected chi connectivity index (χ2v) is 3.29. The number of amidine groups is 1. The molecule has 0 heterocycles. The predicted octanol–water partition coefficient (Wildman–Crippen LogP) is 0.757. The number of hydrogen-bond donors (Lipinski definition) is 3. The molecule has 0 spiro atoms. The molecule has 0 aromatic rings. The van der Waals surface area contributed by atoms with Crippen molar-refractivity contribution in [2.45, 2.75) is 33.2 Å². The molecule has 0 saturated heterocycles. The van der Waals surface area contributed by atoms with Gasteiger partial charge in [0.1, 0.15) is 0 Å². The van der Waals surface area contributed by atoms with Crippen LogP contribution in [0.5, 0.6) is 0 Å². The van der Waals surface area contributed by atoms with Gasteiger partial charge in [0.2, 0.25) is 0 Å². The minimum absolute atomic E-state index is 0.00241. The lowest BCUT2D eigenvalue weighted by molar-refractivity contribution is 0.313. The molecule has 4 heteroatoms. The third-order valence-corrected chi connectivity index (χ3v) is 1.65. The van der Waals surface area contributed by atoms with Gasteiger partial charge in [-0.25, -0.2) is 0 Å². The zero-order valence-corrected chi connectivity index (χ0v) is 8.04. The summed E-state index contributed by atoms with van der Waals surface area (Å²) in [5.41, 5.74) is 5.45. The van der Waals surface area contributed by atoms with Crippen molar-refractivity contribution in [1.29, 1.82) is 0 Å². The van der Waals surface area contributed by atoms with Gasteiger partial charge >= 0.3 is 0 Å². The fourth-order valence-electron chi connectivity index (χ4n) is 0.906. The van der Waals surface area contributed by atoms with Crippen molar-refractivity contribution < 1.29 is 5.21 Å². The molecular formula is C8H19N3O. The summed E-state index contributed by atoms with van der Waals surface area (Å²) in [4.78, 5) is 0. The number of rotatable bonds is 5. The van der Waals surface area contributed by atoms with E-state index in [1.54, 1.807) is 0 Å². The largest absolute Gasteiger partial charge is 0.409 e. The van der Waals surface area contributed by atoms with Crippen molar-refractivity contribution in [3.8, 4) is 0 Å². The van der Waals surface area contributed by atoms with Gasteiger partial charge in [0.05, 0.1) is 6.04 Å². The van der Waals surface area contributed by atoms with Gasteiger partial charge in [-0.05, 0) is 18.9 Å². The van der Waals surface area contributed by atoms with Crippen LogP contribution in [0.4, 0.5) is 0 Å². The van der Waals surface area contributed by atoms with Gasteiger partial charge in [-0.3, -0.25) is 0 Å². The summed E-state index contributed by atoms with van der Waals surface area (Å²) in [5, 5.41) is 14.6. The molecule has 0 aliphatic rings. The average molecular weight is 173 g/mol. The van der Waals surface area contributed by atoms with Crippen LogP contribution in [0.3, 0.4) is 0 Å². The monoisotopic (exact) mass is 173 g/mol. The van der Waals surface area contributed by atoms with Gasteiger partial charge in [0, 0.05) is 0 Å². The lowest BCUT2D eigenvalue weighted by Crippen LogP contribution is -2.42. The number of nitrogens with one attached hydrogen (secondary N) is 1. The summed E-state index contributed by atoms with van der Waals surface area (Å²) < 4.78 is 0. The molecular weight excluding hydrogens is 154 g/mol. The molecule has 0 aromatic carbocycles. The maximum Gasteiger partial charge on any atom is 0.156 e. The molecule has 1 atom stereocenters. The third kappa shape index (κ3) is 4.18. The van der Waals surface area contributed by atoms with Crippen LogP contribution in [0, 0.1) is 5.92 Å². The Morgan fingerprint density at radius 1 is 1.58 bits per heavy atom. The Bertz CT molecular complexity index is 145. The molecule has 0 bridgehead atoms. The van der Waals surface area contributed by atoms with Gasteiger partial charge in [-0.15, -0.1) is 0 Å². The number of nitrogens with zero attached hydrogens (tertiary/aromatic N) is 1. The number of hydrogen-bond acceptors (Lipinski definition) is 3. The van der Waals surface area contributed by atoms with E-state index in [0.29, 0.717) is 5.92 Å². The van der Waals surface area contributed by atoms with E-state index in [9.17, 15) is 0 Å². The number of nitrogens with two attached hydrogens (primary N) is 1. The van der Waals surface area contributed by atoms with Gasteiger partial charge in [-0.2, -0.15) is 0 Å². The summed E-state index contributed by atoms with van der Waals surface area (Å²) in [7, 11) is 0. The second kappa shape index (κ2) is 5.83. The van der Waals surface area contributed by atoms with E-state index < -0.39 is 0 Å². The fraction of sp³-hybridized carbons (Fsp3) is 0.875. The normalized spacial score (nSPS) is 15.2. The molecule has 0 saturated carbocycles. The Labute approximate surface area is 73.8 Å². The van der Waals surface area contributed by atoms with Crippen LogP contribution in [0.15, 0.2) is 5.16 Å². The molecule has 4 N–H and O–H groups in total. The summed E-state index contributed by atoms with van der Waals surface area (Å²) in [6.07, 6.45) is 0.836. The number of oxime groups is 1. The molecule has 4 nitrogen and oxygen atoms in total. The maximum atomic E-state index is 8.42. The van der Waals surface area contributed by atoms with E-state index in [2.05, 4.69) is 24.3 Å². The molecule has 0 aliphatic carbocycles. The highest BCUT2D eigenvalue weighted by molar-refractivity contribution is 5.85. The SMILES string of the molecule is CCC(NCC(C)C)C(N)=NO. The zero-order chi connectivity index (χ0) is 9.56. The van der Waals surface area contributed by atoms with E-state index in [1.807, 2.05) is 6.92 Å². The Hall–Kier alpha value is -0.770. The van der Waals surface area contributed by atoms with Crippen LogP contribution >= 0.6 is 0 Å². The van der Waals surface area contributed by atoms with Crippen LogP contribution in [-0.2, 0) is 0 Å². The minimum atomic E-state index is -0.00241. The molecule has 72 valence electrons. The van der Waals surface area contributed by atoms with Crippen LogP contribution in [-0.4, -0.2) is 23.6 Å². The molecule has 0 radical (unpaired) electrons. The predicted molar refractivity (Wildman–Crippen MR) is 50.3 cm³/mol. The summed E-state index contributed by atoms with van der Waals surface area (Å²) in [5.74, 6) is 0.837. The van der Waals surface area contributed by atoms with Crippen molar-refractivity contribution in [1.82, 2.24) is 5.32 Å². The maximum absolute atomic E-state index is 8.42. The van der Waals surface area contributed by atoms with Gasteiger partial charge in [0.15, 0.2) is 5.84 Å². The van der Waals surface area contributed by atoms with E-state index in [4.69, 9.17) is 10.9 Å². The molecule has 0 rings (SSSR count). The van der Waals surface area contributed by atoms with Gasteiger partial charge < -0.3 is 16.3 Å². The summed E-state index contributed by atoms with van der Waals surface area (Å²) in [6, 6.07) is -0.00241. The van der Waals surface area contributed by atoms with Crippen molar-refractivity contribution >= 4 is 5.84 Å². The van der Waals surface area contributed by atoms with Crippen molar-refractivity contribution in [3.05, 3.63) is 0 Å². The van der Waals surface area contributed by atoms with Crippen molar-refractivity contribution in [2.75, 3.05) is 6.54 Å². The first-order valence-electron chi connectivity index (χ1n) is 4.32. The Kier molecular flexibility index (Phi) is 5.45. The van der Waals surface area contributed by atoms with Crippen molar-refractivity contribution in [3.63, 3.8) is 0 Å². The van der Waals surface area contributed by atoms with Crippen LogP contribution in [0.2, 0.25) is 0 Å². The van der Waals surface area contributed by atoms with Crippen LogP contribution in [0.25, 0.3) is 0 Å². The Morgan fingerprint density at radius 3 is 2.50 bits per heavy atom. The van der Waals surface area contributed by atoms with E-state index >= 15 is 0 Å². The quantitative estimate of drug-likeness (QED) is 0.249. The first-order valence-corrected chi connectivity index (χ1v) is 4.32.